The maximum absolute atomic E-state index is 11.9. The summed E-state index contributed by atoms with van der Waals surface area (Å²) in [4.78, 5) is 28.5. The minimum Gasteiger partial charge on any atom is -0.481 e. The van der Waals surface area contributed by atoms with E-state index in [-0.39, 0.29) is 11.9 Å². The lowest BCUT2D eigenvalue weighted by Gasteiger charge is -2.30. The van der Waals surface area contributed by atoms with Gasteiger partial charge >= 0.3 is 12.0 Å². The van der Waals surface area contributed by atoms with E-state index in [1.54, 1.807) is 17.3 Å². The Hall–Kier alpha value is -2.11. The van der Waals surface area contributed by atoms with Crippen molar-refractivity contribution in [3.05, 3.63) is 30.1 Å². The van der Waals surface area contributed by atoms with Crippen molar-refractivity contribution in [1.29, 1.82) is 0 Å². The van der Waals surface area contributed by atoms with Crippen LogP contribution in [0.15, 0.2) is 24.5 Å². The predicted molar refractivity (Wildman–Crippen MR) is 73.3 cm³/mol. The summed E-state index contributed by atoms with van der Waals surface area (Å²) in [6.07, 6.45) is 5.31. The number of aromatic nitrogens is 1. The Morgan fingerprint density at radius 2 is 2.15 bits per heavy atom. The number of carboxylic acids is 1. The molecule has 1 aromatic heterocycles. The fourth-order valence-corrected chi connectivity index (χ4v) is 2.30. The van der Waals surface area contributed by atoms with Gasteiger partial charge in [0, 0.05) is 32.0 Å². The van der Waals surface area contributed by atoms with Crippen LogP contribution in [0.4, 0.5) is 4.79 Å². The summed E-state index contributed by atoms with van der Waals surface area (Å²) in [5.74, 6) is -1.07. The first-order chi connectivity index (χ1) is 9.66. The van der Waals surface area contributed by atoms with Gasteiger partial charge in [0.15, 0.2) is 0 Å². The monoisotopic (exact) mass is 277 g/mol. The van der Waals surface area contributed by atoms with Crippen molar-refractivity contribution in [2.45, 2.75) is 19.3 Å². The van der Waals surface area contributed by atoms with E-state index in [4.69, 9.17) is 5.11 Å². The van der Waals surface area contributed by atoms with Gasteiger partial charge < -0.3 is 15.3 Å². The van der Waals surface area contributed by atoms with E-state index < -0.39 is 5.97 Å². The fraction of sp³-hybridized carbons (Fsp3) is 0.500. The predicted octanol–water partition coefficient (Wildman–Crippen LogP) is 1.13. The molecule has 108 valence electrons. The number of urea groups is 1. The average molecular weight is 277 g/mol. The van der Waals surface area contributed by atoms with Crippen molar-refractivity contribution in [3.8, 4) is 0 Å². The Bertz CT molecular complexity index is 456. The highest BCUT2D eigenvalue weighted by Crippen LogP contribution is 2.17. The molecule has 0 unspecified atom stereocenters. The molecule has 2 heterocycles. The SMILES string of the molecule is O=C(O)C1CCN(C(=O)NCCc2cccnc2)CC1. The lowest BCUT2D eigenvalue weighted by Crippen LogP contribution is -2.45. The van der Waals surface area contributed by atoms with E-state index in [1.807, 2.05) is 12.1 Å². The number of piperidine rings is 1. The number of amides is 2. The normalized spacial score (nSPS) is 15.9. The average Bonchev–Trinajstić information content (AvgIpc) is 2.48. The number of likely N-dealkylation sites (tertiary alicyclic amines) is 1. The van der Waals surface area contributed by atoms with Crippen molar-refractivity contribution in [2.75, 3.05) is 19.6 Å². The number of aliphatic carboxylic acids is 1. The molecule has 1 aliphatic heterocycles. The lowest BCUT2D eigenvalue weighted by atomic mass is 9.97. The van der Waals surface area contributed by atoms with Crippen molar-refractivity contribution in [3.63, 3.8) is 0 Å². The molecule has 0 radical (unpaired) electrons. The number of carbonyl (C=O) groups excluding carboxylic acids is 1. The molecular formula is C14H19N3O3. The Balaban J connectivity index is 1.69. The molecule has 0 atom stereocenters. The number of hydrogen-bond donors (Lipinski definition) is 2. The molecule has 6 heteroatoms. The zero-order valence-corrected chi connectivity index (χ0v) is 11.3. The maximum Gasteiger partial charge on any atom is 0.317 e. The summed E-state index contributed by atoms with van der Waals surface area (Å²) in [5.41, 5.74) is 1.08. The molecule has 0 aliphatic carbocycles. The second kappa shape index (κ2) is 6.88. The first-order valence-electron chi connectivity index (χ1n) is 6.81. The third-order valence-electron chi connectivity index (χ3n) is 3.54. The molecule has 2 N–H and O–H groups in total. The van der Waals surface area contributed by atoms with Gasteiger partial charge in [-0.3, -0.25) is 9.78 Å². The number of hydrogen-bond acceptors (Lipinski definition) is 3. The van der Waals surface area contributed by atoms with Gasteiger partial charge in [0.1, 0.15) is 0 Å². The molecule has 2 amide bonds. The second-order valence-corrected chi connectivity index (χ2v) is 4.94. The third kappa shape index (κ3) is 3.94. The maximum atomic E-state index is 11.9. The Kier molecular flexibility index (Phi) is 4.92. The van der Waals surface area contributed by atoms with Gasteiger partial charge in [-0.05, 0) is 30.9 Å². The van der Waals surface area contributed by atoms with Crippen molar-refractivity contribution >= 4 is 12.0 Å². The summed E-state index contributed by atoms with van der Waals surface area (Å²) in [5, 5.41) is 11.8. The minimum absolute atomic E-state index is 0.113. The molecule has 1 saturated heterocycles. The van der Waals surface area contributed by atoms with Crippen LogP contribution in [0.1, 0.15) is 18.4 Å². The molecule has 0 aromatic carbocycles. The van der Waals surface area contributed by atoms with Crippen LogP contribution in [0.5, 0.6) is 0 Å². The highest BCUT2D eigenvalue weighted by molar-refractivity contribution is 5.75. The van der Waals surface area contributed by atoms with Crippen LogP contribution in [-0.4, -0.2) is 46.6 Å². The molecule has 1 fully saturated rings. The van der Waals surface area contributed by atoms with Gasteiger partial charge in [-0.25, -0.2) is 4.79 Å². The second-order valence-electron chi connectivity index (χ2n) is 4.94. The number of carbonyl (C=O) groups is 2. The van der Waals surface area contributed by atoms with E-state index in [0.717, 1.165) is 12.0 Å². The van der Waals surface area contributed by atoms with Crippen LogP contribution in [0, 0.1) is 5.92 Å². The summed E-state index contributed by atoms with van der Waals surface area (Å²) in [6.45, 7) is 1.58. The summed E-state index contributed by atoms with van der Waals surface area (Å²) in [7, 11) is 0. The van der Waals surface area contributed by atoms with E-state index in [2.05, 4.69) is 10.3 Å². The van der Waals surface area contributed by atoms with Crippen molar-refractivity contribution in [2.24, 2.45) is 5.92 Å². The summed E-state index contributed by atoms with van der Waals surface area (Å²) in [6, 6.07) is 3.73. The Morgan fingerprint density at radius 3 is 2.75 bits per heavy atom. The topological polar surface area (TPSA) is 82.5 Å². The van der Waals surface area contributed by atoms with Gasteiger partial charge in [0.2, 0.25) is 0 Å². The van der Waals surface area contributed by atoms with Crippen molar-refractivity contribution < 1.29 is 14.7 Å². The van der Waals surface area contributed by atoms with Gasteiger partial charge in [0.05, 0.1) is 5.92 Å². The van der Waals surface area contributed by atoms with Crippen LogP contribution < -0.4 is 5.32 Å². The third-order valence-corrected chi connectivity index (χ3v) is 3.54. The van der Waals surface area contributed by atoms with E-state index >= 15 is 0 Å². The number of nitrogens with one attached hydrogen (secondary N) is 1. The summed E-state index contributed by atoms with van der Waals surface area (Å²) >= 11 is 0. The fourth-order valence-electron chi connectivity index (χ4n) is 2.30. The van der Waals surface area contributed by atoms with E-state index in [1.165, 1.54) is 0 Å². The van der Waals surface area contributed by atoms with Crippen molar-refractivity contribution in [1.82, 2.24) is 15.2 Å². The number of pyridine rings is 1. The minimum atomic E-state index is -0.762. The van der Waals surface area contributed by atoms with E-state index in [0.29, 0.717) is 32.5 Å². The Labute approximate surface area is 117 Å². The van der Waals surface area contributed by atoms with Gasteiger partial charge in [-0.1, -0.05) is 6.07 Å². The first-order valence-corrected chi connectivity index (χ1v) is 6.81. The molecule has 0 bridgehead atoms. The van der Waals surface area contributed by atoms with Crippen LogP contribution >= 0.6 is 0 Å². The molecule has 0 saturated carbocycles. The molecule has 20 heavy (non-hydrogen) atoms. The van der Waals surface area contributed by atoms with Crippen LogP contribution in [0.3, 0.4) is 0 Å². The Morgan fingerprint density at radius 1 is 1.40 bits per heavy atom. The molecule has 2 rings (SSSR count). The quantitative estimate of drug-likeness (QED) is 0.864. The molecule has 0 spiro atoms. The van der Waals surface area contributed by atoms with Crippen LogP contribution in [0.25, 0.3) is 0 Å². The smallest absolute Gasteiger partial charge is 0.317 e. The number of rotatable bonds is 4. The number of nitrogens with zero attached hydrogens (tertiary/aromatic N) is 2. The highest BCUT2D eigenvalue weighted by Gasteiger charge is 2.26. The lowest BCUT2D eigenvalue weighted by molar-refractivity contribution is -0.143. The standard InChI is InChI=1S/C14H19N3O3/c18-13(19)12-4-8-17(9-5-12)14(20)16-7-3-11-2-1-6-15-10-11/h1-2,6,10,12H,3-5,7-9H2,(H,16,20)(H,18,19). The van der Waals surface area contributed by atoms with Gasteiger partial charge in [-0.2, -0.15) is 0 Å². The zero-order chi connectivity index (χ0) is 14.4. The zero-order valence-electron chi connectivity index (χ0n) is 11.3. The van der Waals surface area contributed by atoms with Crippen LogP contribution in [-0.2, 0) is 11.2 Å². The molecule has 6 nitrogen and oxygen atoms in total. The highest BCUT2D eigenvalue weighted by atomic mass is 16.4. The molecular weight excluding hydrogens is 258 g/mol. The van der Waals surface area contributed by atoms with Gasteiger partial charge in [-0.15, -0.1) is 0 Å². The molecule has 1 aliphatic rings. The van der Waals surface area contributed by atoms with Crippen LogP contribution in [0.2, 0.25) is 0 Å². The largest absolute Gasteiger partial charge is 0.481 e. The van der Waals surface area contributed by atoms with E-state index in [9.17, 15) is 9.59 Å². The van der Waals surface area contributed by atoms with Gasteiger partial charge in [0.25, 0.3) is 0 Å². The number of carboxylic acid groups (broad SMARTS) is 1. The molecule has 1 aromatic rings. The first kappa shape index (κ1) is 14.3. The summed E-state index contributed by atoms with van der Waals surface area (Å²) < 4.78 is 0.